The number of thiophene rings is 1. The molecule has 1 saturated heterocycles. The number of amides is 1. The lowest BCUT2D eigenvalue weighted by atomic mass is 10.1. The molecule has 0 radical (unpaired) electrons. The number of nitrogens with one attached hydrogen (secondary N) is 2. The monoisotopic (exact) mass is 687 g/mol. The van der Waals surface area contributed by atoms with Crippen LogP contribution < -0.4 is 15.4 Å². The summed E-state index contributed by atoms with van der Waals surface area (Å²) < 4.78 is 52.1. The molecule has 14 heteroatoms. The van der Waals surface area contributed by atoms with E-state index in [9.17, 15) is 23.1 Å². The van der Waals surface area contributed by atoms with Crippen molar-refractivity contribution < 1.29 is 32.5 Å². The Morgan fingerprint density at radius 1 is 1.19 bits per heavy atom. The number of hydrogen-bond acceptors (Lipinski definition) is 9. The van der Waals surface area contributed by atoms with Gasteiger partial charge in [0.2, 0.25) is 6.41 Å². The van der Waals surface area contributed by atoms with E-state index in [4.69, 9.17) is 21.1 Å². The SMILES string of the molecule is CC(C)(C)OC(O)N1CC(NC(=O)C(C)(F)F)CC1C#Cc1cc2c(Nc3ccc(OCc4cccc(F)c4)c(Cl)c3)ncnc2s1. The fourth-order valence-electron chi connectivity index (χ4n) is 4.84. The average molecular weight is 688 g/mol. The zero-order valence-corrected chi connectivity index (χ0v) is 27.6. The van der Waals surface area contributed by atoms with E-state index in [1.54, 1.807) is 51.1 Å². The van der Waals surface area contributed by atoms with Crippen molar-refractivity contribution in [2.24, 2.45) is 0 Å². The van der Waals surface area contributed by atoms with Crippen molar-refractivity contribution in [2.45, 2.75) is 70.7 Å². The summed E-state index contributed by atoms with van der Waals surface area (Å²) in [6.45, 7) is 6.09. The van der Waals surface area contributed by atoms with E-state index in [2.05, 4.69) is 32.4 Å². The molecule has 3 atom stereocenters. The minimum atomic E-state index is -3.54. The van der Waals surface area contributed by atoms with Crippen LogP contribution >= 0.6 is 22.9 Å². The maximum Gasteiger partial charge on any atom is 0.321 e. The van der Waals surface area contributed by atoms with Gasteiger partial charge in [0, 0.05) is 25.2 Å². The Morgan fingerprint density at radius 2 is 1.98 bits per heavy atom. The molecule has 4 aromatic rings. The third kappa shape index (κ3) is 9.12. The van der Waals surface area contributed by atoms with Crippen molar-refractivity contribution in [1.29, 1.82) is 0 Å². The Morgan fingerprint density at radius 3 is 2.68 bits per heavy atom. The minimum Gasteiger partial charge on any atom is -0.487 e. The molecular formula is C33H33ClF3N5O4S. The predicted molar refractivity (Wildman–Crippen MR) is 174 cm³/mol. The van der Waals surface area contributed by atoms with Crippen molar-refractivity contribution in [1.82, 2.24) is 20.2 Å². The molecule has 47 heavy (non-hydrogen) atoms. The highest BCUT2D eigenvalue weighted by atomic mass is 35.5. The number of aromatic nitrogens is 2. The van der Waals surface area contributed by atoms with E-state index in [0.717, 1.165) is 0 Å². The summed E-state index contributed by atoms with van der Waals surface area (Å²) in [5, 5.41) is 17.5. The first-order valence-electron chi connectivity index (χ1n) is 14.6. The summed E-state index contributed by atoms with van der Waals surface area (Å²) in [5.41, 5.74) is 0.626. The Bertz CT molecular complexity index is 1820. The average Bonchev–Trinajstić information content (AvgIpc) is 3.59. The highest BCUT2D eigenvalue weighted by molar-refractivity contribution is 7.19. The van der Waals surface area contributed by atoms with Crippen molar-refractivity contribution in [3.63, 3.8) is 0 Å². The number of benzene rings is 2. The summed E-state index contributed by atoms with van der Waals surface area (Å²) in [7, 11) is 0. The number of fused-ring (bicyclic) bond motifs is 1. The number of aliphatic hydroxyl groups excluding tert-OH is 1. The summed E-state index contributed by atoms with van der Waals surface area (Å²) in [6, 6.07) is 11.9. The Kier molecular flexibility index (Phi) is 10.3. The molecule has 3 heterocycles. The van der Waals surface area contributed by atoms with Crippen LogP contribution in [0.2, 0.25) is 5.02 Å². The molecule has 0 spiro atoms. The first kappa shape index (κ1) is 34.4. The number of anilines is 2. The van der Waals surface area contributed by atoms with Gasteiger partial charge in [0.1, 0.15) is 35.1 Å². The van der Waals surface area contributed by atoms with Gasteiger partial charge in [-0.15, -0.1) is 11.3 Å². The van der Waals surface area contributed by atoms with E-state index in [1.807, 2.05) is 6.07 Å². The normalized spacial score (nSPS) is 17.6. The topological polar surface area (TPSA) is 109 Å². The second kappa shape index (κ2) is 14.0. The van der Waals surface area contributed by atoms with Gasteiger partial charge in [-0.05, 0) is 69.2 Å². The van der Waals surface area contributed by atoms with Crippen LogP contribution in [-0.2, 0) is 16.1 Å². The standard InChI is InChI=1S/C33H33ClF3N5O4S/c1-32(2,3)46-31(44)42-16-22(41-30(43)33(4,36)37)13-23(42)9-10-24-15-25-28(38-18-39-29(25)47-24)40-21-8-11-27(26(34)14-21)45-17-19-6-5-7-20(35)12-19/h5-8,11-12,14-15,18,22-23,31,44H,13,16-17H2,1-4H3,(H,41,43)(H,38,39,40). The van der Waals surface area contributed by atoms with Gasteiger partial charge in [0.05, 0.1) is 26.9 Å². The van der Waals surface area contributed by atoms with Crippen molar-refractivity contribution in [3.05, 3.63) is 76.1 Å². The van der Waals surface area contributed by atoms with Crippen molar-refractivity contribution in [2.75, 3.05) is 11.9 Å². The van der Waals surface area contributed by atoms with Gasteiger partial charge in [0.25, 0.3) is 5.91 Å². The van der Waals surface area contributed by atoms with E-state index in [1.165, 1.54) is 34.7 Å². The van der Waals surface area contributed by atoms with Crippen LogP contribution in [-0.4, -0.2) is 62.4 Å². The van der Waals surface area contributed by atoms with Crippen LogP contribution in [0.5, 0.6) is 5.75 Å². The van der Waals surface area contributed by atoms with Gasteiger partial charge < -0.3 is 25.2 Å². The van der Waals surface area contributed by atoms with Gasteiger partial charge in [-0.25, -0.2) is 19.3 Å². The number of alkyl halides is 2. The number of nitrogens with zero attached hydrogens (tertiary/aromatic N) is 3. The molecule has 248 valence electrons. The molecule has 0 saturated carbocycles. The van der Waals surface area contributed by atoms with E-state index in [-0.39, 0.29) is 25.4 Å². The van der Waals surface area contributed by atoms with E-state index >= 15 is 0 Å². The quantitative estimate of drug-likeness (QED) is 0.136. The van der Waals surface area contributed by atoms with Gasteiger partial charge in [0.15, 0.2) is 0 Å². The first-order valence-corrected chi connectivity index (χ1v) is 15.8. The van der Waals surface area contributed by atoms with Crippen LogP contribution in [0, 0.1) is 17.7 Å². The van der Waals surface area contributed by atoms with Crippen molar-refractivity contribution in [3.8, 4) is 17.6 Å². The number of halogens is 4. The smallest absolute Gasteiger partial charge is 0.321 e. The van der Waals surface area contributed by atoms with E-state index < -0.39 is 35.9 Å². The first-order chi connectivity index (χ1) is 22.1. The number of hydrogen-bond donors (Lipinski definition) is 3. The molecule has 1 amide bonds. The number of rotatable bonds is 9. The molecule has 5 rings (SSSR count). The van der Waals surface area contributed by atoms with E-state index in [0.29, 0.717) is 49.9 Å². The predicted octanol–water partition coefficient (Wildman–Crippen LogP) is 6.46. The Hall–Kier alpha value is -3.93. The van der Waals surface area contributed by atoms with Gasteiger partial charge in [-0.3, -0.25) is 4.79 Å². The molecule has 0 bridgehead atoms. The van der Waals surface area contributed by atoms with Gasteiger partial charge in [-0.2, -0.15) is 8.78 Å². The molecule has 3 N–H and O–H groups in total. The van der Waals surface area contributed by atoms with Gasteiger partial charge >= 0.3 is 5.92 Å². The lowest BCUT2D eigenvalue weighted by Gasteiger charge is -2.31. The van der Waals surface area contributed by atoms with Crippen LogP contribution in [0.3, 0.4) is 0 Å². The molecule has 0 aliphatic carbocycles. The highest BCUT2D eigenvalue weighted by Crippen LogP contribution is 2.33. The molecule has 1 aliphatic heterocycles. The number of aliphatic hydroxyl groups is 1. The largest absolute Gasteiger partial charge is 0.487 e. The molecule has 2 aromatic carbocycles. The van der Waals surface area contributed by atoms with Gasteiger partial charge in [-0.1, -0.05) is 35.6 Å². The molecule has 2 aromatic heterocycles. The Labute approximate surface area is 279 Å². The van der Waals surface area contributed by atoms with Crippen LogP contribution in [0.1, 0.15) is 44.6 Å². The summed E-state index contributed by atoms with van der Waals surface area (Å²) in [4.78, 5) is 23.6. The third-order valence-corrected chi connectivity index (χ3v) is 8.24. The summed E-state index contributed by atoms with van der Waals surface area (Å²) >= 11 is 7.80. The van der Waals surface area contributed by atoms with Crippen LogP contribution in [0.25, 0.3) is 10.2 Å². The maximum absolute atomic E-state index is 13.6. The highest BCUT2D eigenvalue weighted by Gasteiger charge is 2.41. The number of carbonyl (C=O) groups excluding carboxylic acids is 1. The zero-order valence-electron chi connectivity index (χ0n) is 26.0. The van der Waals surface area contributed by atoms with Crippen LogP contribution in [0.4, 0.5) is 24.7 Å². The summed E-state index contributed by atoms with van der Waals surface area (Å²) in [6.07, 6.45) is 0.263. The number of carbonyl (C=O) groups is 1. The molecule has 3 unspecified atom stereocenters. The second-order valence-corrected chi connectivity index (χ2v) is 13.5. The fraction of sp³-hybridized carbons (Fsp3) is 0.364. The lowest BCUT2D eigenvalue weighted by Crippen LogP contribution is -2.47. The second-order valence-electron chi connectivity index (χ2n) is 12.1. The van der Waals surface area contributed by atoms with Crippen LogP contribution in [0.15, 0.2) is 54.9 Å². The number of ether oxygens (including phenoxy) is 2. The molecule has 1 aliphatic rings. The zero-order chi connectivity index (χ0) is 33.9. The number of likely N-dealkylation sites (tertiary alicyclic amines) is 1. The molecule has 1 fully saturated rings. The lowest BCUT2D eigenvalue weighted by molar-refractivity contribution is -0.238. The summed E-state index contributed by atoms with van der Waals surface area (Å²) in [5.74, 6) is 1.90. The Balaban J connectivity index is 1.31. The fourth-order valence-corrected chi connectivity index (χ4v) is 5.93. The third-order valence-electron chi connectivity index (χ3n) is 6.99. The maximum atomic E-state index is 13.6. The van der Waals surface area contributed by atoms with Crippen molar-refractivity contribution >= 4 is 50.6 Å². The molecular weight excluding hydrogens is 655 g/mol. The molecule has 9 nitrogen and oxygen atoms in total. The minimum absolute atomic E-state index is 0.0710.